The first-order chi connectivity index (χ1) is 9.81. The van der Waals surface area contributed by atoms with Gasteiger partial charge in [-0.2, -0.15) is 0 Å². The first-order valence-electron chi connectivity index (χ1n) is 7.08. The van der Waals surface area contributed by atoms with Crippen molar-refractivity contribution in [1.82, 2.24) is 5.32 Å². The fraction of sp³-hybridized carbons (Fsp3) is 0.294. The van der Waals surface area contributed by atoms with E-state index < -0.39 is 10.8 Å². The van der Waals surface area contributed by atoms with Crippen LogP contribution in [0.3, 0.4) is 0 Å². The van der Waals surface area contributed by atoms with E-state index in [2.05, 4.69) is 36.5 Å². The summed E-state index contributed by atoms with van der Waals surface area (Å²) in [6, 6.07) is 18.4. The zero-order valence-electron chi connectivity index (χ0n) is 11.6. The van der Waals surface area contributed by atoms with Gasteiger partial charge in [-0.05, 0) is 36.2 Å². The minimum absolute atomic E-state index is 0.120. The molecule has 2 aromatic carbocycles. The molecular weight excluding hydrogens is 266 g/mol. The molecule has 3 heteroatoms. The van der Waals surface area contributed by atoms with Gasteiger partial charge in [-0.15, -0.1) is 0 Å². The topological polar surface area (TPSA) is 29.1 Å². The van der Waals surface area contributed by atoms with Crippen molar-refractivity contribution in [2.45, 2.75) is 29.5 Å². The smallest absolute Gasteiger partial charge is 0.0630 e. The molecule has 0 bridgehead atoms. The van der Waals surface area contributed by atoms with Gasteiger partial charge in [-0.3, -0.25) is 4.21 Å². The van der Waals surface area contributed by atoms with Crippen LogP contribution >= 0.6 is 0 Å². The molecule has 2 aromatic rings. The van der Waals surface area contributed by atoms with Crippen molar-refractivity contribution >= 4 is 10.8 Å². The van der Waals surface area contributed by atoms with Gasteiger partial charge in [0.2, 0.25) is 0 Å². The molecule has 0 saturated heterocycles. The van der Waals surface area contributed by atoms with Crippen molar-refractivity contribution in [3.8, 4) is 0 Å². The van der Waals surface area contributed by atoms with Crippen LogP contribution in [0, 0.1) is 0 Å². The summed E-state index contributed by atoms with van der Waals surface area (Å²) in [6.07, 6.45) is 0.884. The minimum atomic E-state index is -0.979. The van der Waals surface area contributed by atoms with Crippen LogP contribution in [0.2, 0.25) is 0 Å². The Morgan fingerprint density at radius 3 is 2.55 bits per heavy atom. The first kappa shape index (κ1) is 13.5. The highest BCUT2D eigenvalue weighted by Gasteiger charge is 2.36. The molecule has 1 aliphatic rings. The van der Waals surface area contributed by atoms with Gasteiger partial charge in [0.15, 0.2) is 0 Å². The van der Waals surface area contributed by atoms with Crippen molar-refractivity contribution < 1.29 is 4.21 Å². The molecule has 0 spiro atoms. The van der Waals surface area contributed by atoms with Gasteiger partial charge in [0.25, 0.3) is 0 Å². The fourth-order valence-corrected chi connectivity index (χ4v) is 4.54. The lowest BCUT2D eigenvalue weighted by atomic mass is 10.1. The molecule has 3 atom stereocenters. The van der Waals surface area contributed by atoms with Crippen LogP contribution in [-0.4, -0.2) is 16.0 Å². The van der Waals surface area contributed by atoms with E-state index in [1.54, 1.807) is 0 Å². The zero-order valence-corrected chi connectivity index (χ0v) is 12.4. The van der Waals surface area contributed by atoms with Crippen LogP contribution in [0.25, 0.3) is 0 Å². The summed E-state index contributed by atoms with van der Waals surface area (Å²) < 4.78 is 12.9. The molecule has 2 nitrogen and oxygen atoms in total. The van der Waals surface area contributed by atoms with Crippen LogP contribution in [0.4, 0.5) is 0 Å². The Hall–Kier alpha value is -1.45. The number of nitrogens with one attached hydrogen (secondary N) is 1. The molecule has 20 heavy (non-hydrogen) atoms. The summed E-state index contributed by atoms with van der Waals surface area (Å²) in [5.41, 5.74) is 2.64. The molecule has 0 radical (unpaired) electrons. The average molecular weight is 285 g/mol. The first-order valence-corrected chi connectivity index (χ1v) is 8.29. The number of fused-ring (bicyclic) bond motifs is 1. The lowest BCUT2D eigenvalue weighted by Crippen LogP contribution is -2.31. The Kier molecular flexibility index (Phi) is 3.99. The van der Waals surface area contributed by atoms with Crippen LogP contribution in [0.15, 0.2) is 59.5 Å². The van der Waals surface area contributed by atoms with Gasteiger partial charge >= 0.3 is 0 Å². The van der Waals surface area contributed by atoms with Crippen molar-refractivity contribution in [2.75, 3.05) is 6.54 Å². The van der Waals surface area contributed by atoms with E-state index in [9.17, 15) is 4.21 Å². The molecule has 0 heterocycles. The Morgan fingerprint density at radius 1 is 1.10 bits per heavy atom. The second kappa shape index (κ2) is 5.90. The van der Waals surface area contributed by atoms with Crippen LogP contribution in [0.5, 0.6) is 0 Å². The van der Waals surface area contributed by atoms with Gasteiger partial charge in [0.05, 0.1) is 16.0 Å². The van der Waals surface area contributed by atoms with Gasteiger partial charge < -0.3 is 5.32 Å². The normalized spacial score (nSPS) is 22.4. The van der Waals surface area contributed by atoms with E-state index in [1.165, 1.54) is 11.1 Å². The third-order valence-electron chi connectivity index (χ3n) is 3.86. The molecule has 0 amide bonds. The molecule has 1 N–H and O–H groups in total. The van der Waals surface area contributed by atoms with E-state index in [1.807, 2.05) is 30.3 Å². The molecule has 104 valence electrons. The Morgan fingerprint density at radius 2 is 1.80 bits per heavy atom. The summed E-state index contributed by atoms with van der Waals surface area (Å²) in [5, 5.41) is 3.63. The predicted octanol–water partition coefficient (Wildman–Crippen LogP) is 3.07. The fourth-order valence-electron chi connectivity index (χ4n) is 2.95. The third kappa shape index (κ3) is 2.43. The highest BCUT2D eigenvalue weighted by Crippen LogP contribution is 2.36. The molecule has 0 aromatic heterocycles. The number of hydrogen-bond donors (Lipinski definition) is 1. The van der Waals surface area contributed by atoms with Crippen LogP contribution < -0.4 is 5.32 Å². The number of rotatable bonds is 4. The monoisotopic (exact) mass is 285 g/mol. The van der Waals surface area contributed by atoms with E-state index in [0.717, 1.165) is 17.9 Å². The highest BCUT2D eigenvalue weighted by atomic mass is 32.2. The second-order valence-electron chi connectivity index (χ2n) is 5.09. The Balaban J connectivity index is 1.93. The molecular formula is C17H19NOS. The number of benzene rings is 2. The van der Waals surface area contributed by atoms with Crippen molar-refractivity contribution in [1.29, 1.82) is 0 Å². The summed E-state index contributed by atoms with van der Waals surface area (Å²) in [4.78, 5) is 0.924. The van der Waals surface area contributed by atoms with E-state index in [4.69, 9.17) is 0 Å². The average Bonchev–Trinajstić information content (AvgIpc) is 2.87. The third-order valence-corrected chi connectivity index (χ3v) is 5.58. The van der Waals surface area contributed by atoms with Crippen LogP contribution in [0.1, 0.15) is 24.1 Å². The van der Waals surface area contributed by atoms with Crippen molar-refractivity contribution in [2.24, 2.45) is 0 Å². The molecule has 0 aliphatic heterocycles. The van der Waals surface area contributed by atoms with E-state index >= 15 is 0 Å². The largest absolute Gasteiger partial charge is 0.309 e. The summed E-state index contributed by atoms with van der Waals surface area (Å²) in [7, 11) is -0.979. The van der Waals surface area contributed by atoms with E-state index in [0.29, 0.717) is 0 Å². The maximum absolute atomic E-state index is 12.9. The summed E-state index contributed by atoms with van der Waals surface area (Å²) >= 11 is 0. The molecule has 0 fully saturated rings. The lowest BCUT2D eigenvalue weighted by molar-refractivity contribution is 0.546. The van der Waals surface area contributed by atoms with Gasteiger partial charge in [-0.25, -0.2) is 0 Å². The standard InChI is InChI=1S/C17H19NOS/c1-2-18-17-15-11-7-6-8-13(15)12-16(17)20(19)14-9-4-3-5-10-14/h3-11,16-18H,2,12H2,1H3. The summed E-state index contributed by atoms with van der Waals surface area (Å²) in [6.45, 7) is 2.99. The SMILES string of the molecule is CCNC1c2ccccc2CC1S(=O)c1ccccc1. The molecule has 3 unspecified atom stereocenters. The maximum atomic E-state index is 12.9. The van der Waals surface area contributed by atoms with Crippen LogP contribution in [-0.2, 0) is 17.2 Å². The van der Waals surface area contributed by atoms with E-state index in [-0.39, 0.29) is 11.3 Å². The van der Waals surface area contributed by atoms with Crippen molar-refractivity contribution in [3.63, 3.8) is 0 Å². The second-order valence-corrected chi connectivity index (χ2v) is 6.76. The quantitative estimate of drug-likeness (QED) is 0.935. The zero-order chi connectivity index (χ0) is 13.9. The van der Waals surface area contributed by atoms with Gasteiger partial charge in [0, 0.05) is 10.9 Å². The molecule has 1 aliphatic carbocycles. The lowest BCUT2D eigenvalue weighted by Gasteiger charge is -2.21. The Bertz CT molecular complexity index is 611. The van der Waals surface area contributed by atoms with Gasteiger partial charge in [-0.1, -0.05) is 49.4 Å². The maximum Gasteiger partial charge on any atom is 0.0630 e. The minimum Gasteiger partial charge on any atom is -0.309 e. The number of hydrogen-bond acceptors (Lipinski definition) is 2. The highest BCUT2D eigenvalue weighted by molar-refractivity contribution is 7.85. The Labute approximate surface area is 122 Å². The summed E-state index contributed by atoms with van der Waals surface area (Å²) in [5.74, 6) is 0. The molecule has 0 saturated carbocycles. The molecule has 3 rings (SSSR count). The van der Waals surface area contributed by atoms with Crippen molar-refractivity contribution in [3.05, 3.63) is 65.7 Å². The predicted molar refractivity (Wildman–Crippen MR) is 83.2 cm³/mol. The van der Waals surface area contributed by atoms with Gasteiger partial charge in [0.1, 0.15) is 0 Å².